The third-order valence-electron chi connectivity index (χ3n) is 12.5. The number of amides is 9. The van der Waals surface area contributed by atoms with Gasteiger partial charge < -0.3 is 59.3 Å². The van der Waals surface area contributed by atoms with Crippen LogP contribution >= 0.6 is 21.6 Å². The minimum atomic E-state index is -1.08. The normalized spacial score (nSPS) is 26.0. The maximum Gasteiger partial charge on any atom is 0.246 e. The van der Waals surface area contributed by atoms with Crippen molar-refractivity contribution in [2.75, 3.05) is 26.2 Å². The Morgan fingerprint density at radius 3 is 1.80 bits per heavy atom. The van der Waals surface area contributed by atoms with Gasteiger partial charge in [0.15, 0.2) is 0 Å². The summed E-state index contributed by atoms with van der Waals surface area (Å²) in [6, 6.07) is -6.43. The minimum absolute atomic E-state index is 0.0630. The number of hydrogen-bond donors (Lipinski definition) is 10. The number of nitrogens with one attached hydrogen (secondary N) is 7. The van der Waals surface area contributed by atoms with Crippen LogP contribution < -0.4 is 54.4 Å². The molecule has 0 spiro atoms. The fraction of sp³-hybridized carbons (Fsp3) is 0.812. The molecule has 20 nitrogen and oxygen atoms in total. The highest BCUT2D eigenvalue weighted by Gasteiger charge is 2.41. The van der Waals surface area contributed by atoms with Crippen molar-refractivity contribution in [2.24, 2.45) is 40.9 Å². The van der Waals surface area contributed by atoms with E-state index in [1.807, 2.05) is 41.5 Å². The summed E-state index contributed by atoms with van der Waals surface area (Å²) in [6.07, 6.45) is 5.04. The first-order valence-electron chi connectivity index (χ1n) is 25.4. The molecule has 22 heteroatoms. The molecular formula is C48H87N11O9S2. The monoisotopic (exact) mass is 1030 g/mol. The highest BCUT2D eigenvalue weighted by Crippen LogP contribution is 2.40. The molecule has 2 saturated heterocycles. The zero-order valence-electron chi connectivity index (χ0n) is 43.2. The van der Waals surface area contributed by atoms with Gasteiger partial charge in [-0.1, -0.05) is 103 Å². The molecule has 0 aromatic carbocycles. The number of carbonyl (C=O) groups is 9. The number of fused-ring (bicyclic) bond motifs is 1. The molecule has 0 radical (unpaired) electrons. The smallest absolute Gasteiger partial charge is 0.246 e. The molecule has 2 aliphatic rings. The van der Waals surface area contributed by atoms with E-state index >= 15 is 0 Å². The van der Waals surface area contributed by atoms with E-state index in [2.05, 4.69) is 37.2 Å². The fourth-order valence-corrected chi connectivity index (χ4v) is 12.5. The van der Waals surface area contributed by atoms with Crippen molar-refractivity contribution < 1.29 is 43.2 Å². The fourth-order valence-electron chi connectivity index (χ4n) is 8.73. The van der Waals surface area contributed by atoms with Gasteiger partial charge in [0, 0.05) is 48.9 Å². The Morgan fingerprint density at radius 2 is 1.27 bits per heavy atom. The van der Waals surface area contributed by atoms with Crippen molar-refractivity contribution in [3.05, 3.63) is 0 Å². The molecule has 9 amide bonds. The van der Waals surface area contributed by atoms with Crippen LogP contribution in [0.2, 0.25) is 0 Å². The quantitative estimate of drug-likeness (QED) is 0.0649. The molecule has 2 unspecified atom stereocenters. The molecule has 400 valence electrons. The Balaban J connectivity index is 2.78. The van der Waals surface area contributed by atoms with Crippen molar-refractivity contribution in [1.29, 1.82) is 0 Å². The molecule has 13 N–H and O–H groups in total. The highest BCUT2D eigenvalue weighted by atomic mass is 33.1. The highest BCUT2D eigenvalue weighted by molar-refractivity contribution is 8.77. The number of primary amides is 1. The lowest BCUT2D eigenvalue weighted by molar-refractivity contribution is -0.143. The zero-order chi connectivity index (χ0) is 52.7. The van der Waals surface area contributed by atoms with Gasteiger partial charge in [0.2, 0.25) is 53.2 Å². The summed E-state index contributed by atoms with van der Waals surface area (Å²) in [6.45, 7) is 16.9. The van der Waals surface area contributed by atoms with Gasteiger partial charge in [-0.3, -0.25) is 43.2 Å². The molecule has 2 heterocycles. The van der Waals surface area contributed by atoms with Gasteiger partial charge in [-0.15, -0.1) is 0 Å². The first-order valence-corrected chi connectivity index (χ1v) is 27.6. The van der Waals surface area contributed by atoms with Crippen LogP contribution in [-0.2, 0) is 43.2 Å². The third-order valence-corrected chi connectivity index (χ3v) is 15.9. The number of nitrogens with two attached hydrogens (primary N) is 3. The average molecular weight is 1030 g/mol. The van der Waals surface area contributed by atoms with Crippen LogP contribution in [0.4, 0.5) is 0 Å². The molecule has 0 saturated carbocycles. The third kappa shape index (κ3) is 21.7. The Kier molecular flexibility index (Phi) is 28.4. The largest absolute Gasteiger partial charge is 0.370 e. The molecule has 2 aliphatic heterocycles. The number of rotatable bonds is 19. The number of carbonyl (C=O) groups excluding carboxylic acids is 9. The number of hydrogen-bond acceptors (Lipinski definition) is 13. The topological polar surface area (TPSA) is 319 Å². The second-order valence-corrected chi connectivity index (χ2v) is 23.0. The van der Waals surface area contributed by atoms with Gasteiger partial charge in [-0.2, -0.15) is 0 Å². The summed E-state index contributed by atoms with van der Waals surface area (Å²) in [5, 5.41) is 18.9. The molecule has 0 aliphatic carbocycles. The maximum atomic E-state index is 14.4. The van der Waals surface area contributed by atoms with Crippen LogP contribution in [0, 0.1) is 23.7 Å². The van der Waals surface area contributed by atoms with Gasteiger partial charge in [0.25, 0.3) is 0 Å². The first-order chi connectivity index (χ1) is 33.0. The standard InChI is InChI=1S/C48H87N11O9S2/c1-27(2)23-34-46(66)56-33(18-13-11-15-21-50)45(65)57-42(29(5)6)36(24-38(51)61)69-70-37(41(28(3)4)53-31(9)60)25-39(62)54-32(17-12-10-14-20-49)44(64)58-43(30(7)8)48(68)59-22-16-19-35(59)47(67)52-26-40(63)55-34/h27-30,32-37,41-43H,10-26,49-50H2,1-9H3,(H2,51,61)(H,52,67)(H,53,60)(H,54,62)(H,55,63)(H,56,66)(H,57,65)(H,58,64)/t32?,33?,34-,35+,36-,37-,41-,42-,43-/m0/s1. The Hall–Kier alpha value is -4.15. The summed E-state index contributed by atoms with van der Waals surface area (Å²) >= 11 is 0. The first kappa shape index (κ1) is 62.0. The number of nitrogens with zero attached hydrogens (tertiary/aromatic N) is 1. The molecule has 70 heavy (non-hydrogen) atoms. The van der Waals surface area contributed by atoms with Crippen molar-refractivity contribution in [3.8, 4) is 0 Å². The predicted octanol–water partition coefficient (Wildman–Crippen LogP) is 1.47. The SMILES string of the molecule is CC(=O)N[C@@H](C(C)C)[C@@H]1CC(=O)NC(CCCCCN)C(=O)N[C@@H](C(C)C)C(=O)N2CCC[C@@H]2C(=O)NCC(=O)N[C@@H](CC(C)C)C(=O)NC(CCCCCN)C(=O)N[C@@H](C(C)C)[C@H](CC(N)=O)SS1. The van der Waals surface area contributed by atoms with Crippen molar-refractivity contribution >= 4 is 74.8 Å². The van der Waals surface area contributed by atoms with Gasteiger partial charge >= 0.3 is 0 Å². The van der Waals surface area contributed by atoms with Crippen molar-refractivity contribution in [2.45, 2.75) is 199 Å². The molecular weight excluding hydrogens is 939 g/mol. The molecule has 0 aromatic rings. The second-order valence-electron chi connectivity index (χ2n) is 20.2. The molecule has 2 rings (SSSR count). The van der Waals surface area contributed by atoms with Gasteiger partial charge in [-0.05, 0) is 81.7 Å². The van der Waals surface area contributed by atoms with Crippen LogP contribution in [-0.4, -0.2) is 137 Å². The molecule has 0 bridgehead atoms. The molecule has 2 fully saturated rings. The van der Waals surface area contributed by atoms with Crippen molar-refractivity contribution in [1.82, 2.24) is 42.1 Å². The van der Waals surface area contributed by atoms with E-state index in [4.69, 9.17) is 17.2 Å². The van der Waals surface area contributed by atoms with Crippen LogP contribution in [0.3, 0.4) is 0 Å². The van der Waals surface area contributed by atoms with E-state index in [0.29, 0.717) is 64.5 Å². The number of unbranched alkanes of at least 4 members (excludes halogenated alkanes) is 4. The van der Waals surface area contributed by atoms with E-state index in [0.717, 1.165) is 0 Å². The summed E-state index contributed by atoms with van der Waals surface area (Å²) in [5.41, 5.74) is 17.4. The molecule has 0 aromatic heterocycles. The summed E-state index contributed by atoms with van der Waals surface area (Å²) in [5.74, 6) is -5.77. The predicted molar refractivity (Wildman–Crippen MR) is 275 cm³/mol. The van der Waals surface area contributed by atoms with E-state index < -0.39 is 113 Å². The van der Waals surface area contributed by atoms with Crippen LogP contribution in [0.25, 0.3) is 0 Å². The zero-order valence-corrected chi connectivity index (χ0v) is 44.8. The summed E-state index contributed by atoms with van der Waals surface area (Å²) in [4.78, 5) is 125. The van der Waals surface area contributed by atoms with Crippen molar-refractivity contribution in [3.63, 3.8) is 0 Å². The van der Waals surface area contributed by atoms with Gasteiger partial charge in [0.05, 0.1) is 6.54 Å². The van der Waals surface area contributed by atoms with Crippen LogP contribution in [0.15, 0.2) is 0 Å². The Morgan fingerprint density at radius 1 is 0.700 bits per heavy atom. The Bertz CT molecular complexity index is 1740. The van der Waals surface area contributed by atoms with E-state index in [1.54, 1.807) is 13.8 Å². The van der Waals surface area contributed by atoms with E-state index in [9.17, 15) is 43.2 Å². The average Bonchev–Trinajstić information content (AvgIpc) is 3.77. The maximum absolute atomic E-state index is 14.4. The minimum Gasteiger partial charge on any atom is -0.370 e. The lowest BCUT2D eigenvalue weighted by Gasteiger charge is -2.35. The molecule has 9 atom stereocenters. The lowest BCUT2D eigenvalue weighted by atomic mass is 9.97. The lowest BCUT2D eigenvalue weighted by Crippen LogP contribution is -2.59. The van der Waals surface area contributed by atoms with Gasteiger partial charge in [0.1, 0.15) is 30.2 Å². The van der Waals surface area contributed by atoms with Crippen LogP contribution in [0.5, 0.6) is 0 Å². The van der Waals surface area contributed by atoms with E-state index in [1.165, 1.54) is 33.4 Å². The Labute approximate surface area is 424 Å². The summed E-state index contributed by atoms with van der Waals surface area (Å²) < 4.78 is 0. The second kappa shape index (κ2) is 32.0. The van der Waals surface area contributed by atoms with Crippen LogP contribution in [0.1, 0.15) is 146 Å². The van der Waals surface area contributed by atoms with Gasteiger partial charge in [-0.25, -0.2) is 0 Å². The summed E-state index contributed by atoms with van der Waals surface area (Å²) in [7, 11) is 2.53. The van der Waals surface area contributed by atoms with E-state index in [-0.39, 0.29) is 62.3 Å².